The Kier molecular flexibility index (Phi) is 4.95. The van der Waals surface area contributed by atoms with E-state index in [9.17, 15) is 9.18 Å². The van der Waals surface area contributed by atoms with Crippen molar-refractivity contribution >= 4 is 6.47 Å². The molecule has 2 unspecified atom stereocenters. The molecule has 1 heterocycles. The van der Waals surface area contributed by atoms with Gasteiger partial charge in [-0.3, -0.25) is 9.89 Å². The van der Waals surface area contributed by atoms with Crippen LogP contribution in [0.15, 0.2) is 6.20 Å². The molecule has 0 saturated heterocycles. The number of carbonyl (C=O) groups excluding carboxylic acids is 1. The first kappa shape index (κ1) is 12.7. The normalized spacial score (nSPS) is 14.4. The predicted molar refractivity (Wildman–Crippen MR) is 57.4 cm³/mol. The van der Waals surface area contributed by atoms with E-state index < -0.39 is 0 Å². The zero-order valence-electron chi connectivity index (χ0n) is 9.57. The minimum atomic E-state index is -0.386. The van der Waals surface area contributed by atoms with Gasteiger partial charge in [-0.05, 0) is 6.42 Å². The van der Waals surface area contributed by atoms with E-state index in [1.165, 1.54) is 0 Å². The van der Waals surface area contributed by atoms with Gasteiger partial charge >= 0.3 is 0 Å². The molecule has 0 aliphatic rings. The predicted octanol–water partition coefficient (Wildman–Crippen LogP) is 2.38. The van der Waals surface area contributed by atoms with Crippen molar-refractivity contribution in [2.24, 2.45) is 0 Å². The Bertz CT molecular complexity index is 328. The molecule has 0 aromatic carbocycles. The van der Waals surface area contributed by atoms with Gasteiger partial charge in [0.1, 0.15) is 6.10 Å². The highest BCUT2D eigenvalue weighted by Gasteiger charge is 2.23. The second kappa shape index (κ2) is 6.25. The number of nitrogens with one attached hydrogen (secondary N) is 1. The fourth-order valence-corrected chi connectivity index (χ4v) is 1.70. The summed E-state index contributed by atoms with van der Waals surface area (Å²) in [6.45, 7) is 4.30. The number of ether oxygens (including phenoxy) is 1. The van der Waals surface area contributed by atoms with E-state index in [1.807, 2.05) is 6.92 Å². The SMILES string of the molecule is CCCCC(OC=O)C(C)c1[nH]ncc1F. The quantitative estimate of drug-likeness (QED) is 0.729. The molecule has 0 saturated carbocycles. The Morgan fingerprint density at radius 2 is 2.44 bits per heavy atom. The van der Waals surface area contributed by atoms with Gasteiger partial charge in [-0.15, -0.1) is 0 Å². The van der Waals surface area contributed by atoms with Gasteiger partial charge in [0.05, 0.1) is 11.9 Å². The molecule has 0 fully saturated rings. The van der Waals surface area contributed by atoms with E-state index in [2.05, 4.69) is 17.1 Å². The second-order valence-corrected chi connectivity index (χ2v) is 3.83. The molecule has 1 rings (SSSR count). The van der Waals surface area contributed by atoms with Crippen LogP contribution >= 0.6 is 0 Å². The van der Waals surface area contributed by atoms with Crippen LogP contribution in [0.3, 0.4) is 0 Å². The van der Waals surface area contributed by atoms with Crippen LogP contribution in [0.1, 0.15) is 44.7 Å². The number of H-pyrrole nitrogens is 1. The van der Waals surface area contributed by atoms with Crippen molar-refractivity contribution in [1.29, 1.82) is 0 Å². The monoisotopic (exact) mass is 228 g/mol. The van der Waals surface area contributed by atoms with Crippen LogP contribution in [-0.2, 0) is 9.53 Å². The lowest BCUT2D eigenvalue weighted by molar-refractivity contribution is -0.134. The molecular weight excluding hydrogens is 211 g/mol. The summed E-state index contributed by atoms with van der Waals surface area (Å²) in [4.78, 5) is 10.4. The van der Waals surface area contributed by atoms with Crippen LogP contribution in [0.25, 0.3) is 0 Å². The standard InChI is InChI=1S/C11H17FN2O2/c1-3-4-5-10(16-7-15)8(2)11-9(12)6-13-14-11/h6-8,10H,3-5H2,1-2H3,(H,13,14). The van der Waals surface area contributed by atoms with Crippen molar-refractivity contribution in [2.75, 3.05) is 0 Å². The number of nitrogens with zero attached hydrogens (tertiary/aromatic N) is 1. The molecule has 1 N–H and O–H groups in total. The molecule has 0 aliphatic carbocycles. The number of hydrogen-bond acceptors (Lipinski definition) is 3. The van der Waals surface area contributed by atoms with Gasteiger partial charge in [0, 0.05) is 5.92 Å². The first-order chi connectivity index (χ1) is 7.70. The molecule has 90 valence electrons. The highest BCUT2D eigenvalue weighted by molar-refractivity contribution is 5.37. The summed E-state index contributed by atoms with van der Waals surface area (Å²) in [7, 11) is 0. The van der Waals surface area contributed by atoms with Gasteiger partial charge in [0.25, 0.3) is 6.47 Å². The molecule has 16 heavy (non-hydrogen) atoms. The van der Waals surface area contributed by atoms with Gasteiger partial charge in [-0.25, -0.2) is 4.39 Å². The van der Waals surface area contributed by atoms with Gasteiger partial charge in [0.2, 0.25) is 0 Å². The topological polar surface area (TPSA) is 55.0 Å². The molecule has 1 aromatic rings. The summed E-state index contributed by atoms with van der Waals surface area (Å²) in [5.74, 6) is -0.595. The van der Waals surface area contributed by atoms with Gasteiger partial charge < -0.3 is 4.74 Å². The second-order valence-electron chi connectivity index (χ2n) is 3.83. The third kappa shape index (κ3) is 3.05. The van der Waals surface area contributed by atoms with E-state index in [0.717, 1.165) is 25.5 Å². The van der Waals surface area contributed by atoms with Crippen molar-refractivity contribution in [3.8, 4) is 0 Å². The van der Waals surface area contributed by atoms with Crippen molar-refractivity contribution in [2.45, 2.75) is 45.1 Å². The summed E-state index contributed by atoms with van der Waals surface area (Å²) in [5, 5.41) is 6.22. The molecule has 0 bridgehead atoms. The zero-order chi connectivity index (χ0) is 12.0. The van der Waals surface area contributed by atoms with Crippen LogP contribution in [-0.4, -0.2) is 22.8 Å². The molecule has 0 spiro atoms. The number of aromatic amines is 1. The van der Waals surface area contributed by atoms with Crippen LogP contribution in [0.4, 0.5) is 4.39 Å². The van der Waals surface area contributed by atoms with Crippen LogP contribution < -0.4 is 0 Å². The molecule has 2 atom stereocenters. The first-order valence-electron chi connectivity index (χ1n) is 5.48. The van der Waals surface area contributed by atoms with Gasteiger partial charge in [-0.1, -0.05) is 26.7 Å². The summed E-state index contributed by atoms with van der Waals surface area (Å²) in [6, 6.07) is 0. The van der Waals surface area contributed by atoms with E-state index >= 15 is 0 Å². The van der Waals surface area contributed by atoms with Crippen molar-refractivity contribution < 1.29 is 13.9 Å². The number of hydrogen-bond donors (Lipinski definition) is 1. The number of aromatic nitrogens is 2. The van der Waals surface area contributed by atoms with Crippen LogP contribution in [0, 0.1) is 5.82 Å². The Hall–Kier alpha value is -1.39. The minimum Gasteiger partial charge on any atom is -0.464 e. The molecule has 0 aliphatic heterocycles. The Morgan fingerprint density at radius 3 is 2.94 bits per heavy atom. The summed E-state index contributed by atoms with van der Waals surface area (Å²) >= 11 is 0. The lowest BCUT2D eigenvalue weighted by atomic mass is 9.96. The van der Waals surface area contributed by atoms with Crippen molar-refractivity contribution in [3.63, 3.8) is 0 Å². The van der Waals surface area contributed by atoms with Crippen LogP contribution in [0.2, 0.25) is 0 Å². The molecule has 0 amide bonds. The van der Waals surface area contributed by atoms with E-state index in [-0.39, 0.29) is 17.8 Å². The third-order valence-electron chi connectivity index (χ3n) is 2.71. The van der Waals surface area contributed by atoms with Crippen molar-refractivity contribution in [3.05, 3.63) is 17.7 Å². The van der Waals surface area contributed by atoms with E-state index in [0.29, 0.717) is 12.2 Å². The smallest absolute Gasteiger partial charge is 0.293 e. The first-order valence-corrected chi connectivity index (χ1v) is 5.48. The highest BCUT2D eigenvalue weighted by atomic mass is 19.1. The largest absolute Gasteiger partial charge is 0.464 e. The number of rotatable bonds is 7. The maximum Gasteiger partial charge on any atom is 0.293 e. The molecule has 5 heteroatoms. The van der Waals surface area contributed by atoms with E-state index in [1.54, 1.807) is 0 Å². The molecular formula is C11H17FN2O2. The lowest BCUT2D eigenvalue weighted by Gasteiger charge is -2.21. The zero-order valence-corrected chi connectivity index (χ0v) is 9.57. The van der Waals surface area contributed by atoms with Gasteiger partial charge in [-0.2, -0.15) is 5.10 Å². The van der Waals surface area contributed by atoms with Gasteiger partial charge in [0.15, 0.2) is 5.82 Å². The summed E-state index contributed by atoms with van der Waals surface area (Å²) in [6.07, 6.45) is 3.51. The number of carbonyl (C=O) groups is 1. The summed E-state index contributed by atoms with van der Waals surface area (Å²) < 4.78 is 18.3. The average Bonchev–Trinajstić information content (AvgIpc) is 2.69. The van der Waals surface area contributed by atoms with E-state index in [4.69, 9.17) is 4.74 Å². The molecule has 0 radical (unpaired) electrons. The average molecular weight is 228 g/mol. The lowest BCUT2D eigenvalue weighted by Crippen LogP contribution is -2.21. The third-order valence-corrected chi connectivity index (χ3v) is 2.71. The Labute approximate surface area is 94.2 Å². The molecule has 1 aromatic heterocycles. The maximum atomic E-state index is 13.3. The minimum absolute atomic E-state index is 0.209. The fraction of sp³-hybridized carbons (Fsp3) is 0.636. The Morgan fingerprint density at radius 1 is 1.69 bits per heavy atom. The fourth-order valence-electron chi connectivity index (χ4n) is 1.70. The highest BCUT2D eigenvalue weighted by Crippen LogP contribution is 2.24. The molecule has 4 nitrogen and oxygen atoms in total. The number of unbranched alkanes of at least 4 members (excludes halogenated alkanes) is 1. The Balaban J connectivity index is 2.69. The summed E-state index contributed by atoms with van der Waals surface area (Å²) in [5.41, 5.74) is 0.392. The van der Waals surface area contributed by atoms with Crippen molar-refractivity contribution in [1.82, 2.24) is 10.2 Å². The van der Waals surface area contributed by atoms with Crippen LogP contribution in [0.5, 0.6) is 0 Å². The maximum absolute atomic E-state index is 13.3. The number of halogens is 1.